The Kier molecular flexibility index (Phi) is 8.33. The van der Waals surface area contributed by atoms with Crippen LogP contribution in [0.5, 0.6) is 0 Å². The second-order valence-electron chi connectivity index (χ2n) is 6.26. The maximum Gasteiger partial charge on any atom is 0.326 e. The number of likely N-dealkylation sites (tertiary alicyclic amines) is 1. The first-order chi connectivity index (χ1) is 11.8. The summed E-state index contributed by atoms with van der Waals surface area (Å²) in [6.45, 7) is 2.10. The summed E-state index contributed by atoms with van der Waals surface area (Å²) in [6, 6.07) is -2.06. The Morgan fingerprint density at radius 2 is 1.92 bits per heavy atom. The first-order valence-corrected chi connectivity index (χ1v) is 8.57. The molecule has 1 rings (SSSR count). The fourth-order valence-electron chi connectivity index (χ4n) is 3.02. The van der Waals surface area contributed by atoms with E-state index in [-0.39, 0.29) is 18.9 Å². The zero-order chi connectivity index (χ0) is 19.0. The van der Waals surface area contributed by atoms with Gasteiger partial charge in [-0.3, -0.25) is 14.4 Å². The van der Waals surface area contributed by atoms with Crippen LogP contribution in [0.4, 0.5) is 0 Å². The highest BCUT2D eigenvalue weighted by atomic mass is 16.4. The highest BCUT2D eigenvalue weighted by Crippen LogP contribution is 2.19. The molecule has 5 N–H and O–H groups in total. The molecule has 25 heavy (non-hydrogen) atoms. The molecule has 1 fully saturated rings. The zero-order valence-corrected chi connectivity index (χ0v) is 14.4. The van der Waals surface area contributed by atoms with Crippen LogP contribution in [0.1, 0.15) is 45.4 Å². The van der Waals surface area contributed by atoms with Crippen LogP contribution in [0.2, 0.25) is 0 Å². The molecule has 0 aromatic carbocycles. The number of aliphatic carboxylic acids is 2. The van der Waals surface area contributed by atoms with Gasteiger partial charge in [-0.15, -0.1) is 0 Å². The van der Waals surface area contributed by atoms with Gasteiger partial charge in [0.25, 0.3) is 0 Å². The molecule has 1 aliphatic heterocycles. The topological polar surface area (TPSA) is 150 Å². The Morgan fingerprint density at radius 1 is 1.24 bits per heavy atom. The molecular weight excluding hydrogens is 330 g/mol. The van der Waals surface area contributed by atoms with E-state index in [1.807, 2.05) is 6.92 Å². The fraction of sp³-hybridized carbons (Fsp3) is 0.750. The minimum absolute atomic E-state index is 0.187. The number of carboxylic acid groups (broad SMARTS) is 2. The number of nitrogens with two attached hydrogens (primary N) is 1. The van der Waals surface area contributed by atoms with Gasteiger partial charge in [0.15, 0.2) is 0 Å². The van der Waals surface area contributed by atoms with Crippen molar-refractivity contribution >= 4 is 23.8 Å². The van der Waals surface area contributed by atoms with Gasteiger partial charge in [-0.1, -0.05) is 19.8 Å². The summed E-state index contributed by atoms with van der Waals surface area (Å²) in [4.78, 5) is 48.3. The normalized spacial score (nSPS) is 19.3. The molecule has 142 valence electrons. The van der Waals surface area contributed by atoms with Crippen LogP contribution in [0.25, 0.3) is 0 Å². The molecule has 9 nitrogen and oxygen atoms in total. The zero-order valence-electron chi connectivity index (χ0n) is 14.4. The highest BCUT2D eigenvalue weighted by molar-refractivity contribution is 5.91. The van der Waals surface area contributed by atoms with Crippen LogP contribution in [-0.4, -0.2) is 64.0 Å². The minimum Gasteiger partial charge on any atom is -0.481 e. The van der Waals surface area contributed by atoms with Gasteiger partial charge in [-0.25, -0.2) is 4.79 Å². The number of unbranched alkanes of at least 4 members (excludes halogenated alkanes) is 1. The maximum absolute atomic E-state index is 12.4. The van der Waals surface area contributed by atoms with E-state index >= 15 is 0 Å². The third-order valence-electron chi connectivity index (χ3n) is 4.44. The van der Waals surface area contributed by atoms with Crippen molar-refractivity contribution in [3.8, 4) is 0 Å². The Balaban J connectivity index is 2.76. The summed E-state index contributed by atoms with van der Waals surface area (Å²) in [5, 5.41) is 21.0. The molecule has 1 saturated heterocycles. The van der Waals surface area contributed by atoms with Crippen molar-refractivity contribution in [1.29, 1.82) is 0 Å². The number of hydrogen-bond acceptors (Lipinski definition) is 5. The van der Waals surface area contributed by atoms with Crippen molar-refractivity contribution in [3.05, 3.63) is 0 Å². The van der Waals surface area contributed by atoms with Crippen molar-refractivity contribution < 1.29 is 29.4 Å². The molecule has 3 atom stereocenters. The molecule has 0 aromatic heterocycles. The van der Waals surface area contributed by atoms with Crippen LogP contribution in [0.15, 0.2) is 0 Å². The minimum atomic E-state index is -1.30. The van der Waals surface area contributed by atoms with E-state index in [4.69, 9.17) is 5.73 Å². The lowest BCUT2D eigenvalue weighted by Gasteiger charge is -2.26. The molecule has 0 spiro atoms. The van der Waals surface area contributed by atoms with Gasteiger partial charge in [0.05, 0.1) is 12.5 Å². The van der Waals surface area contributed by atoms with Gasteiger partial charge in [-0.2, -0.15) is 0 Å². The molecule has 9 heteroatoms. The predicted molar refractivity (Wildman–Crippen MR) is 88.6 cm³/mol. The highest BCUT2D eigenvalue weighted by Gasteiger charge is 2.36. The summed E-state index contributed by atoms with van der Waals surface area (Å²) < 4.78 is 0. The van der Waals surface area contributed by atoms with E-state index in [1.165, 1.54) is 4.90 Å². The van der Waals surface area contributed by atoms with Gasteiger partial charge >= 0.3 is 11.9 Å². The van der Waals surface area contributed by atoms with Crippen molar-refractivity contribution in [3.63, 3.8) is 0 Å². The van der Waals surface area contributed by atoms with Gasteiger partial charge in [0.2, 0.25) is 11.8 Å². The van der Waals surface area contributed by atoms with Crippen molar-refractivity contribution in [2.45, 2.75) is 57.5 Å². The first-order valence-electron chi connectivity index (χ1n) is 8.57. The van der Waals surface area contributed by atoms with Crippen molar-refractivity contribution in [2.24, 2.45) is 11.7 Å². The second kappa shape index (κ2) is 9.97. The average Bonchev–Trinajstić information content (AvgIpc) is 3.05. The number of carbonyl (C=O) groups is 4. The standard InChI is InChI=1S/C16H27N3O6/c1-2-3-5-10(15(22)23)8-11(16(24)25)18-14(21)12-6-4-7-19(12)13(20)9-17/h10-12H,2-9,17H2,1H3,(H,18,21)(H,22,23)(H,24,25)/t10?,11-,12-/m0/s1. The third kappa shape index (κ3) is 6.00. The summed E-state index contributed by atoms with van der Waals surface area (Å²) in [5.41, 5.74) is 5.33. The first kappa shape index (κ1) is 20.9. The van der Waals surface area contributed by atoms with Crippen LogP contribution in [0, 0.1) is 5.92 Å². The van der Waals surface area contributed by atoms with E-state index in [0.717, 1.165) is 6.42 Å². The molecule has 0 bridgehead atoms. The summed E-state index contributed by atoms with van der Waals surface area (Å²) in [6.07, 6.45) is 2.70. The second-order valence-corrected chi connectivity index (χ2v) is 6.26. The Bertz CT molecular complexity index is 510. The molecule has 1 aliphatic rings. The lowest BCUT2D eigenvalue weighted by molar-refractivity contribution is -0.146. The lowest BCUT2D eigenvalue weighted by Crippen LogP contribution is -2.52. The molecule has 0 radical (unpaired) electrons. The quantitative estimate of drug-likeness (QED) is 0.422. The number of nitrogens with one attached hydrogen (secondary N) is 1. The predicted octanol–water partition coefficient (Wildman–Crippen LogP) is -0.213. The van der Waals surface area contributed by atoms with Crippen LogP contribution in [0.3, 0.4) is 0 Å². The Hall–Kier alpha value is -2.16. The summed E-state index contributed by atoms with van der Waals surface area (Å²) in [5.74, 6) is -4.14. The molecule has 2 amide bonds. The van der Waals surface area contributed by atoms with Gasteiger partial charge in [-0.05, 0) is 25.7 Å². The van der Waals surface area contributed by atoms with E-state index in [1.54, 1.807) is 0 Å². The van der Waals surface area contributed by atoms with Crippen molar-refractivity contribution in [1.82, 2.24) is 10.2 Å². The van der Waals surface area contributed by atoms with E-state index in [0.29, 0.717) is 32.2 Å². The molecule has 1 unspecified atom stereocenters. The fourth-order valence-corrected chi connectivity index (χ4v) is 3.02. The number of carbonyl (C=O) groups excluding carboxylic acids is 2. The Morgan fingerprint density at radius 3 is 2.44 bits per heavy atom. The summed E-state index contributed by atoms with van der Waals surface area (Å²) in [7, 11) is 0. The van der Waals surface area contributed by atoms with Gasteiger partial charge < -0.3 is 26.2 Å². The number of hydrogen-bond donors (Lipinski definition) is 4. The van der Waals surface area contributed by atoms with E-state index in [2.05, 4.69) is 5.32 Å². The SMILES string of the molecule is CCCCC(C[C@H](NC(=O)[C@@H]1CCCN1C(=O)CN)C(=O)O)C(=O)O. The maximum atomic E-state index is 12.4. The van der Waals surface area contributed by atoms with Crippen LogP contribution >= 0.6 is 0 Å². The van der Waals surface area contributed by atoms with Crippen LogP contribution in [-0.2, 0) is 19.2 Å². The van der Waals surface area contributed by atoms with Crippen LogP contribution < -0.4 is 11.1 Å². The van der Waals surface area contributed by atoms with Crippen molar-refractivity contribution in [2.75, 3.05) is 13.1 Å². The lowest BCUT2D eigenvalue weighted by atomic mass is 9.94. The molecular formula is C16H27N3O6. The molecule has 1 heterocycles. The van der Waals surface area contributed by atoms with E-state index in [9.17, 15) is 29.4 Å². The smallest absolute Gasteiger partial charge is 0.326 e. The van der Waals surface area contributed by atoms with E-state index < -0.39 is 35.8 Å². The largest absolute Gasteiger partial charge is 0.481 e. The monoisotopic (exact) mass is 357 g/mol. The molecule has 0 saturated carbocycles. The molecule has 0 aromatic rings. The number of nitrogens with zero attached hydrogens (tertiary/aromatic N) is 1. The van der Waals surface area contributed by atoms with Gasteiger partial charge in [0.1, 0.15) is 12.1 Å². The average molecular weight is 357 g/mol. The number of carboxylic acids is 2. The molecule has 0 aliphatic carbocycles. The Labute approximate surface area is 146 Å². The summed E-state index contributed by atoms with van der Waals surface area (Å²) >= 11 is 0. The number of rotatable bonds is 10. The number of amides is 2. The van der Waals surface area contributed by atoms with Gasteiger partial charge in [0, 0.05) is 6.54 Å². The third-order valence-corrected chi connectivity index (χ3v) is 4.44.